The number of nitrogens with one attached hydrogen (secondary N) is 2. The molecule has 2 rings (SSSR count). The topological polar surface area (TPSA) is 208 Å². The molecule has 0 saturated heterocycles. The SMILES string of the molecule is CCc1ccc(NS(=O)(=O)c2cccc(C)c2)c(=O)n1CC(=O)NCCON=C(N)N.O=C(O)C(F)(F)F. The van der Waals surface area contributed by atoms with E-state index >= 15 is 0 Å². The normalized spacial score (nSPS) is 11.0. The Hall–Kier alpha value is -4.28. The van der Waals surface area contributed by atoms with Gasteiger partial charge in [-0.15, -0.1) is 0 Å². The zero-order chi connectivity index (χ0) is 29.1. The number of carboxylic acid groups (broad SMARTS) is 1. The maximum atomic E-state index is 12.9. The summed E-state index contributed by atoms with van der Waals surface area (Å²) in [6, 6.07) is 9.31. The molecule has 0 aliphatic carbocycles. The maximum Gasteiger partial charge on any atom is 0.490 e. The summed E-state index contributed by atoms with van der Waals surface area (Å²) in [4.78, 5) is 38.8. The number of carbonyl (C=O) groups excluding carboxylic acids is 1. The second kappa shape index (κ2) is 13.9. The molecule has 1 amide bonds. The number of carbonyl (C=O) groups is 2. The average molecular weight is 565 g/mol. The van der Waals surface area contributed by atoms with E-state index in [2.05, 4.69) is 15.2 Å². The highest BCUT2D eigenvalue weighted by Gasteiger charge is 2.38. The van der Waals surface area contributed by atoms with E-state index < -0.39 is 33.6 Å². The molecular formula is C21H27F3N6O7S. The van der Waals surface area contributed by atoms with Crippen LogP contribution in [0.4, 0.5) is 18.9 Å². The van der Waals surface area contributed by atoms with Crippen LogP contribution in [0.5, 0.6) is 0 Å². The van der Waals surface area contributed by atoms with Crippen molar-refractivity contribution < 1.29 is 41.1 Å². The number of pyridine rings is 1. The van der Waals surface area contributed by atoms with Crippen LogP contribution in [-0.2, 0) is 37.4 Å². The molecule has 0 radical (unpaired) electrons. The zero-order valence-electron chi connectivity index (χ0n) is 20.3. The minimum Gasteiger partial charge on any atom is -0.475 e. The van der Waals surface area contributed by atoms with Crippen LogP contribution in [-0.4, -0.2) is 55.3 Å². The van der Waals surface area contributed by atoms with Gasteiger partial charge in [0.15, 0.2) is 0 Å². The highest BCUT2D eigenvalue weighted by atomic mass is 32.2. The van der Waals surface area contributed by atoms with Gasteiger partial charge in [0.1, 0.15) is 18.8 Å². The zero-order valence-corrected chi connectivity index (χ0v) is 21.1. The minimum atomic E-state index is -5.08. The van der Waals surface area contributed by atoms with Gasteiger partial charge in [-0.2, -0.15) is 13.2 Å². The molecule has 0 aliphatic rings. The summed E-state index contributed by atoms with van der Waals surface area (Å²) in [6.07, 6.45) is -4.61. The van der Waals surface area contributed by atoms with Gasteiger partial charge in [-0.1, -0.05) is 19.1 Å². The number of rotatable bonds is 10. The fourth-order valence-corrected chi connectivity index (χ4v) is 3.88. The molecule has 0 unspecified atom stereocenters. The van der Waals surface area contributed by atoms with Crippen molar-refractivity contribution in [2.45, 2.75) is 37.9 Å². The fraction of sp³-hybridized carbons (Fsp3) is 0.333. The number of aliphatic carboxylic acids is 1. The van der Waals surface area contributed by atoms with Crippen molar-refractivity contribution in [3.05, 3.63) is 58.0 Å². The Kier molecular flexibility index (Phi) is 11.6. The van der Waals surface area contributed by atoms with Crippen molar-refractivity contribution in [1.29, 1.82) is 0 Å². The summed E-state index contributed by atoms with van der Waals surface area (Å²) in [5.74, 6) is -3.45. The molecule has 2 aromatic rings. The first kappa shape index (κ1) is 31.7. The van der Waals surface area contributed by atoms with Crippen LogP contribution in [0.3, 0.4) is 0 Å². The van der Waals surface area contributed by atoms with E-state index in [9.17, 15) is 31.2 Å². The lowest BCUT2D eigenvalue weighted by molar-refractivity contribution is -0.192. The number of hydrogen-bond donors (Lipinski definition) is 5. The number of anilines is 1. The van der Waals surface area contributed by atoms with Crippen molar-refractivity contribution in [2.24, 2.45) is 16.6 Å². The van der Waals surface area contributed by atoms with Crippen LogP contribution in [0.25, 0.3) is 0 Å². The van der Waals surface area contributed by atoms with Crippen molar-refractivity contribution in [1.82, 2.24) is 9.88 Å². The number of hydrogen-bond acceptors (Lipinski definition) is 7. The minimum absolute atomic E-state index is 0.0372. The molecule has 210 valence electrons. The number of halogens is 3. The smallest absolute Gasteiger partial charge is 0.475 e. The van der Waals surface area contributed by atoms with Crippen molar-refractivity contribution in [3.63, 3.8) is 0 Å². The summed E-state index contributed by atoms with van der Waals surface area (Å²) in [5.41, 5.74) is 10.8. The predicted molar refractivity (Wildman–Crippen MR) is 131 cm³/mol. The molecule has 1 heterocycles. The largest absolute Gasteiger partial charge is 0.490 e. The Balaban J connectivity index is 0.000000905. The first-order valence-electron chi connectivity index (χ1n) is 10.7. The third-order valence-electron chi connectivity index (χ3n) is 4.40. The number of guanidine groups is 1. The van der Waals surface area contributed by atoms with Gasteiger partial charge in [-0.05, 0) is 48.3 Å². The highest BCUT2D eigenvalue weighted by molar-refractivity contribution is 7.92. The predicted octanol–water partition coefficient (Wildman–Crippen LogP) is 0.474. The highest BCUT2D eigenvalue weighted by Crippen LogP contribution is 2.16. The van der Waals surface area contributed by atoms with Crippen molar-refractivity contribution in [2.75, 3.05) is 17.9 Å². The number of nitrogens with zero attached hydrogens (tertiary/aromatic N) is 2. The third-order valence-corrected chi connectivity index (χ3v) is 5.76. The molecule has 0 bridgehead atoms. The van der Waals surface area contributed by atoms with Crippen molar-refractivity contribution >= 4 is 33.5 Å². The molecule has 38 heavy (non-hydrogen) atoms. The van der Waals surface area contributed by atoms with E-state index in [4.69, 9.17) is 26.2 Å². The molecule has 13 nitrogen and oxygen atoms in total. The number of amides is 1. The lowest BCUT2D eigenvalue weighted by atomic mass is 10.2. The number of alkyl halides is 3. The molecule has 17 heteroatoms. The van der Waals surface area contributed by atoms with Gasteiger partial charge in [-0.25, -0.2) is 13.2 Å². The van der Waals surface area contributed by atoms with Gasteiger partial charge in [-0.3, -0.25) is 14.3 Å². The van der Waals surface area contributed by atoms with Gasteiger partial charge < -0.3 is 31.3 Å². The Labute approximate surface area is 215 Å². The standard InChI is InChI=1S/C19H26N6O5S.C2HF3O2/c1-3-14-7-8-16(24-31(28,29)15-6-4-5-13(2)11-15)18(27)25(14)12-17(26)22-9-10-30-23-19(20)21;3-2(4,5)1(6)7/h4-8,11,24H,3,9-10,12H2,1-2H3,(H,22,26)(H4,20,21,23);(H,6,7). The number of sulfonamides is 1. The van der Waals surface area contributed by atoms with Crippen LogP contribution in [0, 0.1) is 6.92 Å². The van der Waals surface area contributed by atoms with E-state index in [1.54, 1.807) is 25.1 Å². The van der Waals surface area contributed by atoms with E-state index in [-0.39, 0.29) is 36.2 Å². The van der Waals surface area contributed by atoms with Crippen LogP contribution in [0.15, 0.2) is 51.2 Å². The quantitative estimate of drug-likeness (QED) is 0.117. The second-order valence-electron chi connectivity index (χ2n) is 7.41. The van der Waals surface area contributed by atoms with Crippen LogP contribution in [0.2, 0.25) is 0 Å². The second-order valence-corrected chi connectivity index (χ2v) is 9.09. The Morgan fingerprint density at radius 1 is 1.18 bits per heavy atom. The number of carboxylic acids is 1. The van der Waals surface area contributed by atoms with Gasteiger partial charge in [0.05, 0.1) is 11.4 Å². The number of oxime groups is 1. The molecule has 0 saturated carbocycles. The summed E-state index contributed by atoms with van der Waals surface area (Å²) < 4.78 is 60.6. The number of aromatic nitrogens is 1. The lowest BCUT2D eigenvalue weighted by Gasteiger charge is -2.15. The van der Waals surface area contributed by atoms with E-state index in [1.165, 1.54) is 22.8 Å². The Bertz CT molecular complexity index is 1320. The number of aryl methyl sites for hydroxylation is 2. The third kappa shape index (κ3) is 10.4. The molecule has 0 spiro atoms. The molecule has 0 aliphatic heterocycles. The first-order chi connectivity index (χ1) is 17.6. The summed E-state index contributed by atoms with van der Waals surface area (Å²) >= 11 is 0. The van der Waals surface area contributed by atoms with Crippen LogP contribution in [0.1, 0.15) is 18.2 Å². The van der Waals surface area contributed by atoms with E-state index in [0.717, 1.165) is 5.56 Å². The average Bonchev–Trinajstić information content (AvgIpc) is 2.81. The fourth-order valence-electron chi connectivity index (χ4n) is 2.72. The summed E-state index contributed by atoms with van der Waals surface area (Å²) in [6.45, 7) is 3.46. The molecule has 1 aromatic heterocycles. The van der Waals surface area contributed by atoms with Crippen LogP contribution >= 0.6 is 0 Å². The summed E-state index contributed by atoms with van der Waals surface area (Å²) in [5, 5.41) is 13.0. The number of nitrogens with two attached hydrogens (primary N) is 2. The number of benzene rings is 1. The van der Waals surface area contributed by atoms with Gasteiger partial charge in [0.25, 0.3) is 15.6 Å². The van der Waals surface area contributed by atoms with Gasteiger partial charge in [0.2, 0.25) is 11.9 Å². The molecule has 7 N–H and O–H groups in total. The Morgan fingerprint density at radius 2 is 1.82 bits per heavy atom. The molecular weight excluding hydrogens is 537 g/mol. The van der Waals surface area contributed by atoms with Gasteiger partial charge >= 0.3 is 12.1 Å². The lowest BCUT2D eigenvalue weighted by Crippen LogP contribution is -2.36. The molecule has 0 atom stereocenters. The monoisotopic (exact) mass is 564 g/mol. The van der Waals surface area contributed by atoms with Gasteiger partial charge in [0, 0.05) is 5.69 Å². The Morgan fingerprint density at radius 3 is 2.34 bits per heavy atom. The van der Waals surface area contributed by atoms with E-state index in [0.29, 0.717) is 12.1 Å². The molecule has 1 aromatic carbocycles. The first-order valence-corrected chi connectivity index (χ1v) is 12.2. The summed E-state index contributed by atoms with van der Waals surface area (Å²) in [7, 11) is -3.96. The van der Waals surface area contributed by atoms with Crippen LogP contribution < -0.4 is 27.1 Å². The molecule has 0 fully saturated rings. The van der Waals surface area contributed by atoms with Crippen molar-refractivity contribution in [3.8, 4) is 0 Å². The van der Waals surface area contributed by atoms with E-state index in [1.807, 2.05) is 6.92 Å². The maximum absolute atomic E-state index is 12.9.